The number of anilines is 1. The summed E-state index contributed by atoms with van der Waals surface area (Å²) in [4.78, 5) is 36.1. The average Bonchev–Trinajstić information content (AvgIpc) is 3.21. The molecule has 6 heteroatoms. The van der Waals surface area contributed by atoms with Gasteiger partial charge in [-0.15, -0.1) is 0 Å². The third-order valence-electron chi connectivity index (χ3n) is 6.37. The normalized spacial score (nSPS) is 19.9. The summed E-state index contributed by atoms with van der Waals surface area (Å²) in [7, 11) is 0. The monoisotopic (exact) mass is 414 g/mol. The molecule has 0 saturated carbocycles. The maximum absolute atomic E-state index is 13.2. The molecule has 0 bridgehead atoms. The Labute approximate surface area is 182 Å². The van der Waals surface area contributed by atoms with E-state index >= 15 is 0 Å². The van der Waals surface area contributed by atoms with Gasteiger partial charge in [-0.25, -0.2) is 0 Å². The van der Waals surface area contributed by atoms with Gasteiger partial charge in [0.1, 0.15) is 0 Å². The van der Waals surface area contributed by atoms with Crippen LogP contribution in [0.3, 0.4) is 0 Å². The second-order valence-electron chi connectivity index (χ2n) is 8.36. The van der Waals surface area contributed by atoms with E-state index in [0.29, 0.717) is 26.1 Å². The van der Waals surface area contributed by atoms with Gasteiger partial charge in [0.25, 0.3) is 0 Å². The van der Waals surface area contributed by atoms with Crippen LogP contribution in [0.4, 0.5) is 5.69 Å². The van der Waals surface area contributed by atoms with Gasteiger partial charge < -0.3 is 9.80 Å². The minimum atomic E-state index is -0.266. The van der Waals surface area contributed by atoms with E-state index in [1.54, 1.807) is 4.90 Å². The smallest absolute Gasteiger partial charge is 0.228 e. The van der Waals surface area contributed by atoms with Gasteiger partial charge in [-0.1, -0.05) is 36.4 Å². The molecule has 0 aliphatic carbocycles. The van der Waals surface area contributed by atoms with Crippen LogP contribution in [0.1, 0.15) is 12.0 Å². The molecule has 31 heavy (non-hydrogen) atoms. The maximum atomic E-state index is 13.2. The summed E-state index contributed by atoms with van der Waals surface area (Å²) < 4.78 is 0. The topological polar surface area (TPSA) is 56.8 Å². The molecule has 2 fully saturated rings. The lowest BCUT2D eigenvalue weighted by atomic mass is 10.1. The van der Waals surface area contributed by atoms with Gasteiger partial charge in [0.05, 0.1) is 11.6 Å². The summed E-state index contributed by atoms with van der Waals surface area (Å²) in [5, 5.41) is 2.16. The molecule has 3 aromatic rings. The molecule has 0 N–H and O–H groups in total. The van der Waals surface area contributed by atoms with E-state index in [-0.39, 0.29) is 17.7 Å². The van der Waals surface area contributed by atoms with Crippen LogP contribution >= 0.6 is 0 Å². The number of aromatic nitrogens is 1. The fraction of sp³-hybridized carbons (Fsp3) is 0.320. The SMILES string of the molecule is O=C([C@H]1CC(=O)N(c2cccc3ccccc23)C1)N1CCN(Cc2ccncc2)CC1. The molecule has 0 radical (unpaired) electrons. The molecule has 2 saturated heterocycles. The van der Waals surface area contributed by atoms with Crippen molar-refractivity contribution in [1.82, 2.24) is 14.8 Å². The fourth-order valence-electron chi connectivity index (χ4n) is 4.68. The Morgan fingerprint density at radius 3 is 2.48 bits per heavy atom. The Balaban J connectivity index is 1.23. The minimum Gasteiger partial charge on any atom is -0.340 e. The standard InChI is InChI=1S/C25H26N4O2/c30-24-16-21(18-29(24)23-7-3-5-20-4-1-2-6-22(20)23)25(31)28-14-12-27(13-15-28)17-19-8-10-26-11-9-19/h1-11,21H,12-18H2/t21-/m0/s1. The van der Waals surface area contributed by atoms with Crippen LogP contribution in [-0.4, -0.2) is 59.3 Å². The van der Waals surface area contributed by atoms with E-state index < -0.39 is 0 Å². The Bertz CT molecular complexity index is 1090. The van der Waals surface area contributed by atoms with Crippen molar-refractivity contribution in [3.8, 4) is 0 Å². The summed E-state index contributed by atoms with van der Waals surface area (Å²) in [6.45, 7) is 4.46. The number of pyridine rings is 1. The van der Waals surface area contributed by atoms with Crippen molar-refractivity contribution in [1.29, 1.82) is 0 Å². The molecule has 1 aromatic heterocycles. The fourth-order valence-corrected chi connectivity index (χ4v) is 4.68. The first-order chi connectivity index (χ1) is 15.2. The zero-order valence-corrected chi connectivity index (χ0v) is 17.5. The van der Waals surface area contributed by atoms with Crippen molar-refractivity contribution >= 4 is 28.3 Å². The van der Waals surface area contributed by atoms with E-state index in [9.17, 15) is 9.59 Å². The van der Waals surface area contributed by atoms with E-state index in [4.69, 9.17) is 0 Å². The van der Waals surface area contributed by atoms with E-state index in [2.05, 4.69) is 9.88 Å². The van der Waals surface area contributed by atoms with Crippen molar-refractivity contribution < 1.29 is 9.59 Å². The van der Waals surface area contributed by atoms with Gasteiger partial charge in [0, 0.05) is 63.5 Å². The zero-order valence-electron chi connectivity index (χ0n) is 17.5. The van der Waals surface area contributed by atoms with Crippen molar-refractivity contribution in [2.45, 2.75) is 13.0 Å². The van der Waals surface area contributed by atoms with Crippen molar-refractivity contribution in [2.24, 2.45) is 5.92 Å². The number of amides is 2. The van der Waals surface area contributed by atoms with E-state index in [1.165, 1.54) is 5.56 Å². The van der Waals surface area contributed by atoms with Crippen LogP contribution in [0.2, 0.25) is 0 Å². The highest BCUT2D eigenvalue weighted by molar-refractivity contribution is 6.07. The highest BCUT2D eigenvalue weighted by atomic mass is 16.2. The van der Waals surface area contributed by atoms with Crippen LogP contribution in [0.25, 0.3) is 10.8 Å². The van der Waals surface area contributed by atoms with Crippen LogP contribution in [0, 0.1) is 5.92 Å². The lowest BCUT2D eigenvalue weighted by molar-refractivity contribution is -0.137. The summed E-state index contributed by atoms with van der Waals surface area (Å²) >= 11 is 0. The summed E-state index contributed by atoms with van der Waals surface area (Å²) in [6, 6.07) is 18.1. The molecular formula is C25H26N4O2. The van der Waals surface area contributed by atoms with E-state index in [1.807, 2.05) is 71.9 Å². The number of hydrogen-bond donors (Lipinski definition) is 0. The van der Waals surface area contributed by atoms with Crippen LogP contribution in [0.5, 0.6) is 0 Å². The first-order valence-corrected chi connectivity index (χ1v) is 10.9. The molecule has 3 heterocycles. The third-order valence-corrected chi connectivity index (χ3v) is 6.37. The third kappa shape index (κ3) is 4.03. The van der Waals surface area contributed by atoms with Crippen molar-refractivity contribution in [3.63, 3.8) is 0 Å². The largest absolute Gasteiger partial charge is 0.340 e. The Morgan fingerprint density at radius 2 is 1.68 bits per heavy atom. The van der Waals surface area contributed by atoms with Crippen LogP contribution in [-0.2, 0) is 16.1 Å². The summed E-state index contributed by atoms with van der Waals surface area (Å²) in [6.07, 6.45) is 3.92. The zero-order chi connectivity index (χ0) is 21.2. The van der Waals surface area contributed by atoms with Gasteiger partial charge in [0.2, 0.25) is 11.8 Å². The first-order valence-electron chi connectivity index (χ1n) is 10.9. The second-order valence-corrected chi connectivity index (χ2v) is 8.36. The average molecular weight is 415 g/mol. The quantitative estimate of drug-likeness (QED) is 0.659. The van der Waals surface area contributed by atoms with Gasteiger partial charge in [-0.3, -0.25) is 19.5 Å². The van der Waals surface area contributed by atoms with Crippen molar-refractivity contribution in [3.05, 3.63) is 72.6 Å². The lowest BCUT2D eigenvalue weighted by Crippen LogP contribution is -2.50. The minimum absolute atomic E-state index is 0.0334. The number of benzene rings is 2. The number of nitrogens with zero attached hydrogens (tertiary/aromatic N) is 4. The molecule has 5 rings (SSSR count). The molecule has 2 aromatic carbocycles. The molecule has 1 atom stereocenters. The number of rotatable bonds is 4. The van der Waals surface area contributed by atoms with Gasteiger partial charge in [-0.2, -0.15) is 0 Å². The molecule has 0 unspecified atom stereocenters. The first kappa shape index (κ1) is 19.7. The number of hydrogen-bond acceptors (Lipinski definition) is 4. The van der Waals surface area contributed by atoms with Gasteiger partial charge in [-0.05, 0) is 29.1 Å². The van der Waals surface area contributed by atoms with Crippen LogP contribution in [0.15, 0.2) is 67.0 Å². The number of fused-ring (bicyclic) bond motifs is 1. The maximum Gasteiger partial charge on any atom is 0.228 e. The predicted molar refractivity (Wildman–Crippen MR) is 121 cm³/mol. The molecule has 2 aliphatic heterocycles. The molecule has 6 nitrogen and oxygen atoms in total. The molecule has 0 spiro atoms. The number of piperazine rings is 1. The Hall–Kier alpha value is -3.25. The summed E-state index contributed by atoms with van der Waals surface area (Å²) in [5.41, 5.74) is 2.14. The number of carbonyl (C=O) groups excluding carboxylic acids is 2. The van der Waals surface area contributed by atoms with E-state index in [0.717, 1.165) is 36.1 Å². The highest BCUT2D eigenvalue weighted by Gasteiger charge is 2.38. The van der Waals surface area contributed by atoms with Gasteiger partial charge >= 0.3 is 0 Å². The Kier molecular flexibility index (Phi) is 5.38. The molecule has 2 aliphatic rings. The van der Waals surface area contributed by atoms with Crippen molar-refractivity contribution in [2.75, 3.05) is 37.6 Å². The molecular weight excluding hydrogens is 388 g/mol. The predicted octanol–water partition coefficient (Wildman–Crippen LogP) is 2.93. The lowest BCUT2D eigenvalue weighted by Gasteiger charge is -2.35. The Morgan fingerprint density at radius 1 is 0.935 bits per heavy atom. The number of carbonyl (C=O) groups is 2. The second kappa shape index (κ2) is 8.47. The summed E-state index contributed by atoms with van der Waals surface area (Å²) in [5.74, 6) is -0.121. The molecule has 158 valence electrons. The van der Waals surface area contributed by atoms with Gasteiger partial charge in [0.15, 0.2) is 0 Å². The molecule has 2 amide bonds. The van der Waals surface area contributed by atoms with Crippen LogP contribution < -0.4 is 4.90 Å². The highest BCUT2D eigenvalue weighted by Crippen LogP contribution is 2.32.